The highest BCUT2D eigenvalue weighted by Crippen LogP contribution is 2.38. The topological polar surface area (TPSA) is 58.6 Å². The third-order valence-electron chi connectivity index (χ3n) is 5.88. The molecule has 32 heavy (non-hydrogen) atoms. The van der Waals surface area contributed by atoms with Gasteiger partial charge in [-0.1, -0.05) is 48.5 Å². The summed E-state index contributed by atoms with van der Waals surface area (Å²) < 4.78 is 18.8. The maximum atomic E-state index is 13.3. The molecule has 2 amide bonds. The van der Waals surface area contributed by atoms with Crippen molar-refractivity contribution < 1.29 is 18.7 Å². The summed E-state index contributed by atoms with van der Waals surface area (Å²) in [7, 11) is 1.60. The van der Waals surface area contributed by atoms with Crippen molar-refractivity contribution in [2.24, 2.45) is 5.92 Å². The van der Waals surface area contributed by atoms with Crippen LogP contribution in [0.1, 0.15) is 27.4 Å². The number of hydrogen-bond donors (Lipinski definition) is 1. The van der Waals surface area contributed by atoms with Crippen LogP contribution in [0.15, 0.2) is 78.9 Å². The van der Waals surface area contributed by atoms with Crippen molar-refractivity contribution in [3.8, 4) is 5.75 Å². The fourth-order valence-electron chi connectivity index (χ4n) is 4.21. The second-order valence-electron chi connectivity index (χ2n) is 7.88. The van der Waals surface area contributed by atoms with Crippen molar-refractivity contribution in [1.29, 1.82) is 0 Å². The van der Waals surface area contributed by atoms with E-state index in [1.807, 2.05) is 54.6 Å². The van der Waals surface area contributed by atoms with Crippen LogP contribution in [-0.4, -0.2) is 36.9 Å². The molecule has 5 nitrogen and oxygen atoms in total. The molecule has 1 N–H and O–H groups in total. The quantitative estimate of drug-likeness (QED) is 0.640. The molecular weight excluding hydrogens is 407 g/mol. The third kappa shape index (κ3) is 4.64. The third-order valence-corrected chi connectivity index (χ3v) is 5.88. The average Bonchev–Trinajstić information content (AvgIpc) is 3.28. The van der Waals surface area contributed by atoms with Gasteiger partial charge in [0, 0.05) is 31.1 Å². The summed E-state index contributed by atoms with van der Waals surface area (Å²) in [6.45, 7) is 1.07. The first kappa shape index (κ1) is 21.6. The first-order valence-corrected chi connectivity index (χ1v) is 10.6. The fourth-order valence-corrected chi connectivity index (χ4v) is 4.21. The van der Waals surface area contributed by atoms with Crippen LogP contribution in [0.2, 0.25) is 0 Å². The molecule has 1 saturated heterocycles. The van der Waals surface area contributed by atoms with E-state index in [0.717, 1.165) is 11.1 Å². The summed E-state index contributed by atoms with van der Waals surface area (Å²) in [6, 6.07) is 22.8. The largest absolute Gasteiger partial charge is 0.496 e. The number of methoxy groups -OCH3 is 1. The molecule has 4 rings (SSSR count). The van der Waals surface area contributed by atoms with Crippen LogP contribution in [0.3, 0.4) is 0 Å². The molecule has 0 saturated carbocycles. The van der Waals surface area contributed by atoms with E-state index in [1.54, 1.807) is 12.0 Å². The van der Waals surface area contributed by atoms with Crippen LogP contribution in [-0.2, 0) is 11.3 Å². The van der Waals surface area contributed by atoms with Gasteiger partial charge in [-0.2, -0.15) is 0 Å². The van der Waals surface area contributed by atoms with Crippen LogP contribution in [0.5, 0.6) is 5.75 Å². The van der Waals surface area contributed by atoms with E-state index >= 15 is 0 Å². The lowest BCUT2D eigenvalue weighted by atomic mass is 9.87. The highest BCUT2D eigenvalue weighted by molar-refractivity contribution is 5.95. The monoisotopic (exact) mass is 432 g/mol. The predicted molar refractivity (Wildman–Crippen MR) is 120 cm³/mol. The number of carbonyl (C=O) groups excluding carboxylic acids is 2. The molecule has 0 spiro atoms. The fraction of sp³-hybridized carbons (Fsp3) is 0.231. The predicted octanol–water partition coefficient (Wildman–Crippen LogP) is 4.01. The van der Waals surface area contributed by atoms with E-state index in [2.05, 4.69) is 5.32 Å². The first-order chi connectivity index (χ1) is 15.6. The van der Waals surface area contributed by atoms with Crippen LogP contribution >= 0.6 is 0 Å². The number of likely N-dealkylation sites (tertiary alicyclic amines) is 1. The molecule has 0 bridgehead atoms. The van der Waals surface area contributed by atoms with Gasteiger partial charge < -0.3 is 15.0 Å². The molecule has 164 valence electrons. The number of amides is 2. The number of carbonyl (C=O) groups is 2. The molecule has 6 heteroatoms. The summed E-state index contributed by atoms with van der Waals surface area (Å²) >= 11 is 0. The van der Waals surface area contributed by atoms with Gasteiger partial charge in [0.2, 0.25) is 5.91 Å². The van der Waals surface area contributed by atoms with Crippen molar-refractivity contribution in [1.82, 2.24) is 10.2 Å². The van der Waals surface area contributed by atoms with Crippen LogP contribution in [0.25, 0.3) is 0 Å². The second kappa shape index (κ2) is 9.64. The number of nitrogens with one attached hydrogen (secondary N) is 1. The van der Waals surface area contributed by atoms with Crippen LogP contribution in [0, 0.1) is 11.7 Å². The Bertz CT molecular complexity index is 1090. The van der Waals surface area contributed by atoms with E-state index in [9.17, 15) is 14.0 Å². The number of rotatable bonds is 6. The summed E-state index contributed by atoms with van der Waals surface area (Å²) in [5.74, 6) is -0.685. The number of ether oxygens (including phenoxy) is 1. The minimum atomic E-state index is -0.431. The Morgan fingerprint density at radius 3 is 2.38 bits per heavy atom. The van der Waals surface area contributed by atoms with Gasteiger partial charge in [0.15, 0.2) is 0 Å². The molecule has 3 aromatic rings. The van der Waals surface area contributed by atoms with Crippen LogP contribution in [0.4, 0.5) is 4.39 Å². The maximum Gasteiger partial charge on any atom is 0.253 e. The Kier molecular flexibility index (Phi) is 6.50. The van der Waals surface area contributed by atoms with Crippen LogP contribution < -0.4 is 10.1 Å². The minimum absolute atomic E-state index is 0.112. The van der Waals surface area contributed by atoms with Crippen molar-refractivity contribution in [3.05, 3.63) is 101 Å². The van der Waals surface area contributed by atoms with Crippen molar-refractivity contribution in [2.75, 3.05) is 20.2 Å². The highest BCUT2D eigenvalue weighted by atomic mass is 19.1. The second-order valence-corrected chi connectivity index (χ2v) is 7.88. The standard InChI is InChI=1S/C26H25FN2O3/c1-32-24-10-6-5-9-21(24)22-16-29(26(31)19-11-13-20(27)14-12-19)17-23(22)25(30)28-15-18-7-3-2-4-8-18/h2-14,22-23H,15-17H2,1H3,(H,28,30). The van der Waals surface area contributed by atoms with Gasteiger partial charge in [-0.3, -0.25) is 9.59 Å². The van der Waals surface area contributed by atoms with Gasteiger partial charge >= 0.3 is 0 Å². The molecule has 1 fully saturated rings. The molecule has 2 unspecified atom stereocenters. The molecule has 1 aliphatic rings. The molecule has 0 radical (unpaired) electrons. The van der Waals surface area contributed by atoms with E-state index in [0.29, 0.717) is 24.4 Å². The van der Waals surface area contributed by atoms with Gasteiger partial charge in [-0.25, -0.2) is 4.39 Å². The van der Waals surface area contributed by atoms with Gasteiger partial charge in [-0.15, -0.1) is 0 Å². The molecule has 1 heterocycles. The summed E-state index contributed by atoms with van der Waals surface area (Å²) in [5, 5.41) is 3.02. The molecular formula is C26H25FN2O3. The van der Waals surface area contributed by atoms with E-state index < -0.39 is 11.7 Å². The average molecular weight is 432 g/mol. The van der Waals surface area contributed by atoms with Crippen molar-refractivity contribution in [2.45, 2.75) is 12.5 Å². The summed E-state index contributed by atoms with van der Waals surface area (Å²) in [5.41, 5.74) is 2.30. The summed E-state index contributed by atoms with van der Waals surface area (Å²) in [4.78, 5) is 28.0. The number of benzene rings is 3. The Labute approximate surface area is 186 Å². The number of para-hydroxylation sites is 1. The van der Waals surface area contributed by atoms with Gasteiger partial charge in [0.1, 0.15) is 11.6 Å². The van der Waals surface area contributed by atoms with E-state index in [4.69, 9.17) is 4.74 Å². The van der Waals surface area contributed by atoms with E-state index in [-0.39, 0.29) is 24.3 Å². The maximum absolute atomic E-state index is 13.3. The molecule has 0 aliphatic carbocycles. The van der Waals surface area contributed by atoms with Gasteiger partial charge in [-0.05, 0) is 41.5 Å². The molecule has 1 aliphatic heterocycles. The number of nitrogens with zero attached hydrogens (tertiary/aromatic N) is 1. The zero-order valence-electron chi connectivity index (χ0n) is 17.8. The smallest absolute Gasteiger partial charge is 0.253 e. The first-order valence-electron chi connectivity index (χ1n) is 10.6. The number of halogens is 1. The lowest BCUT2D eigenvalue weighted by Crippen LogP contribution is -2.35. The lowest BCUT2D eigenvalue weighted by molar-refractivity contribution is -0.125. The Morgan fingerprint density at radius 1 is 0.969 bits per heavy atom. The Hall–Kier alpha value is -3.67. The van der Waals surface area contributed by atoms with E-state index in [1.165, 1.54) is 24.3 Å². The summed E-state index contributed by atoms with van der Waals surface area (Å²) in [6.07, 6.45) is 0. The minimum Gasteiger partial charge on any atom is -0.496 e. The highest BCUT2D eigenvalue weighted by Gasteiger charge is 2.41. The Morgan fingerprint density at radius 2 is 1.66 bits per heavy atom. The van der Waals surface area contributed by atoms with Crippen molar-refractivity contribution >= 4 is 11.8 Å². The zero-order valence-corrected chi connectivity index (χ0v) is 17.8. The zero-order chi connectivity index (χ0) is 22.5. The molecule has 0 aromatic heterocycles. The number of hydrogen-bond acceptors (Lipinski definition) is 3. The Balaban J connectivity index is 1.58. The molecule has 2 atom stereocenters. The van der Waals surface area contributed by atoms with Gasteiger partial charge in [0.05, 0.1) is 13.0 Å². The lowest BCUT2D eigenvalue weighted by Gasteiger charge is -2.20. The molecule has 3 aromatic carbocycles. The SMILES string of the molecule is COc1ccccc1C1CN(C(=O)c2ccc(F)cc2)CC1C(=O)NCc1ccccc1. The van der Waals surface area contributed by atoms with Crippen molar-refractivity contribution in [3.63, 3.8) is 0 Å². The van der Waals surface area contributed by atoms with Gasteiger partial charge in [0.25, 0.3) is 5.91 Å². The normalized spacial score (nSPS) is 17.8.